The Balaban J connectivity index is 1.56. The molecular weight excluding hydrogens is 356 g/mol. The molecule has 0 saturated heterocycles. The summed E-state index contributed by atoms with van der Waals surface area (Å²) in [6, 6.07) is 0. The minimum atomic E-state index is -1.40. The summed E-state index contributed by atoms with van der Waals surface area (Å²) in [6.07, 6.45) is 16.0. The van der Waals surface area contributed by atoms with Gasteiger partial charge in [0.2, 0.25) is 0 Å². The average molecular weight is 407 g/mol. The zero-order chi connectivity index (χ0) is 21.2. The van der Waals surface area contributed by atoms with Gasteiger partial charge in [0.1, 0.15) is 0 Å². The molecule has 3 unspecified atom stereocenters. The van der Waals surface area contributed by atoms with Crippen LogP contribution in [0.5, 0.6) is 0 Å². The lowest BCUT2D eigenvalue weighted by atomic mass is 9.58. The number of hydrogen-bond donors (Lipinski definition) is 2. The Morgan fingerprint density at radius 1 is 0.897 bits per heavy atom. The quantitative estimate of drug-likeness (QED) is 0.419. The van der Waals surface area contributed by atoms with Crippen LogP contribution >= 0.6 is 0 Å². The van der Waals surface area contributed by atoms with Crippen LogP contribution in [-0.4, -0.2) is 16.0 Å². The van der Waals surface area contributed by atoms with Crippen LogP contribution < -0.4 is 0 Å². The summed E-state index contributed by atoms with van der Waals surface area (Å²) in [5.41, 5.74) is 0.566. The van der Waals surface area contributed by atoms with Gasteiger partial charge in [0.15, 0.2) is 5.79 Å². The maximum Gasteiger partial charge on any atom is 0.162 e. The minimum Gasteiger partial charge on any atom is -0.366 e. The molecule has 0 heterocycles. The molecule has 0 amide bonds. The van der Waals surface area contributed by atoms with E-state index in [0.29, 0.717) is 30.1 Å². The van der Waals surface area contributed by atoms with Crippen molar-refractivity contribution in [3.05, 3.63) is 0 Å². The zero-order valence-electron chi connectivity index (χ0n) is 20.1. The molecular formula is C27H50O2. The molecule has 3 rings (SSSR count). The lowest BCUT2D eigenvalue weighted by Crippen LogP contribution is -2.40. The maximum absolute atomic E-state index is 10.1. The predicted octanol–water partition coefficient (Wildman–Crippen LogP) is 7.18. The Kier molecular flexibility index (Phi) is 7.80. The first-order valence-corrected chi connectivity index (χ1v) is 13.1. The summed E-state index contributed by atoms with van der Waals surface area (Å²) in [5, 5.41) is 20.3. The number of hydrogen-bond acceptors (Lipinski definition) is 2. The molecule has 0 bridgehead atoms. The zero-order valence-corrected chi connectivity index (χ0v) is 20.1. The van der Waals surface area contributed by atoms with Gasteiger partial charge in [-0.05, 0) is 85.4 Å². The molecule has 2 heteroatoms. The fourth-order valence-electron chi connectivity index (χ4n) is 7.95. The standard InChI is InChI=1S/C27H50O2/c1-19(2)8-6-9-21(4)24-13-14-25-22(10-7-16-26(24,25)5)11-12-23-18-27(28,29)17-15-20(23)3/h19-25,28-29H,6-18H2,1-5H3/t20?,21-,22?,23?,24-,25+,26-/m1/s1. The summed E-state index contributed by atoms with van der Waals surface area (Å²) in [6.45, 7) is 12.2. The number of fused-ring (bicyclic) bond motifs is 1. The summed E-state index contributed by atoms with van der Waals surface area (Å²) in [7, 11) is 0. The van der Waals surface area contributed by atoms with Crippen molar-refractivity contribution >= 4 is 0 Å². The van der Waals surface area contributed by atoms with Crippen molar-refractivity contribution in [1.82, 2.24) is 0 Å². The van der Waals surface area contributed by atoms with Crippen molar-refractivity contribution in [2.75, 3.05) is 0 Å². The first kappa shape index (κ1) is 23.6. The first-order valence-electron chi connectivity index (χ1n) is 13.1. The monoisotopic (exact) mass is 406 g/mol. The van der Waals surface area contributed by atoms with Gasteiger partial charge < -0.3 is 10.2 Å². The van der Waals surface area contributed by atoms with Crippen molar-refractivity contribution in [3.63, 3.8) is 0 Å². The topological polar surface area (TPSA) is 40.5 Å². The van der Waals surface area contributed by atoms with Crippen LogP contribution in [0.15, 0.2) is 0 Å². The van der Waals surface area contributed by atoms with Gasteiger partial charge in [0.25, 0.3) is 0 Å². The second kappa shape index (κ2) is 9.60. The van der Waals surface area contributed by atoms with E-state index in [4.69, 9.17) is 0 Å². The Hall–Kier alpha value is -0.0800. The highest BCUT2D eigenvalue weighted by atomic mass is 16.5. The Labute approximate surface area is 181 Å². The molecule has 2 N–H and O–H groups in total. The summed E-state index contributed by atoms with van der Waals surface area (Å²) in [4.78, 5) is 0. The molecule has 170 valence electrons. The predicted molar refractivity (Wildman–Crippen MR) is 122 cm³/mol. The molecule has 0 aromatic rings. The van der Waals surface area contributed by atoms with E-state index in [1.807, 2.05) is 0 Å². The van der Waals surface area contributed by atoms with E-state index in [-0.39, 0.29) is 0 Å². The van der Waals surface area contributed by atoms with Crippen molar-refractivity contribution in [2.45, 2.75) is 124 Å². The van der Waals surface area contributed by atoms with Crippen LogP contribution in [0.3, 0.4) is 0 Å². The van der Waals surface area contributed by atoms with Gasteiger partial charge in [0.05, 0.1) is 0 Å². The summed E-state index contributed by atoms with van der Waals surface area (Å²) in [5.74, 6) is 4.19. The fourth-order valence-corrected chi connectivity index (χ4v) is 7.95. The highest BCUT2D eigenvalue weighted by Crippen LogP contribution is 2.61. The van der Waals surface area contributed by atoms with E-state index >= 15 is 0 Å². The molecule has 3 aliphatic carbocycles. The fraction of sp³-hybridized carbons (Fsp3) is 1.00. The van der Waals surface area contributed by atoms with Gasteiger partial charge in [-0.2, -0.15) is 0 Å². The second-order valence-electron chi connectivity index (χ2n) is 12.3. The molecule has 0 spiro atoms. The van der Waals surface area contributed by atoms with Gasteiger partial charge in [-0.3, -0.25) is 0 Å². The molecule has 3 aliphatic rings. The molecule has 29 heavy (non-hydrogen) atoms. The smallest absolute Gasteiger partial charge is 0.162 e. The van der Waals surface area contributed by atoms with Crippen LogP contribution in [0.4, 0.5) is 0 Å². The maximum atomic E-state index is 10.1. The SMILES string of the molecule is CC(C)CCC[C@@H](C)[C@H]1CC[C@H]2C(CCC3CC(O)(O)CCC3C)CCC[C@]12C. The summed E-state index contributed by atoms with van der Waals surface area (Å²) < 4.78 is 0. The van der Waals surface area contributed by atoms with E-state index in [0.717, 1.165) is 36.0 Å². The molecule has 3 fully saturated rings. The molecule has 0 aliphatic heterocycles. The van der Waals surface area contributed by atoms with E-state index in [9.17, 15) is 10.2 Å². The second-order valence-corrected chi connectivity index (χ2v) is 12.3. The van der Waals surface area contributed by atoms with Crippen molar-refractivity contribution in [1.29, 1.82) is 0 Å². The van der Waals surface area contributed by atoms with Gasteiger partial charge in [-0.1, -0.05) is 66.7 Å². The molecule has 3 saturated carbocycles. The van der Waals surface area contributed by atoms with Gasteiger partial charge in [0, 0.05) is 12.8 Å². The molecule has 7 atom stereocenters. The lowest BCUT2D eigenvalue weighted by Gasteiger charge is -2.47. The Morgan fingerprint density at radius 2 is 1.62 bits per heavy atom. The lowest BCUT2D eigenvalue weighted by molar-refractivity contribution is -0.198. The van der Waals surface area contributed by atoms with Crippen LogP contribution in [0, 0.1) is 46.8 Å². The van der Waals surface area contributed by atoms with Crippen LogP contribution in [0.2, 0.25) is 0 Å². The molecule has 0 radical (unpaired) electrons. The Morgan fingerprint density at radius 3 is 2.34 bits per heavy atom. The van der Waals surface area contributed by atoms with Crippen molar-refractivity contribution < 1.29 is 10.2 Å². The highest BCUT2D eigenvalue weighted by molar-refractivity contribution is 5.01. The molecule has 0 aromatic heterocycles. The number of aliphatic hydroxyl groups is 2. The third-order valence-corrected chi connectivity index (χ3v) is 9.77. The first-order chi connectivity index (χ1) is 13.6. The molecule has 2 nitrogen and oxygen atoms in total. The average Bonchev–Trinajstić information content (AvgIpc) is 2.99. The van der Waals surface area contributed by atoms with E-state index in [2.05, 4.69) is 34.6 Å². The largest absolute Gasteiger partial charge is 0.366 e. The van der Waals surface area contributed by atoms with Gasteiger partial charge >= 0.3 is 0 Å². The van der Waals surface area contributed by atoms with Crippen LogP contribution in [-0.2, 0) is 0 Å². The van der Waals surface area contributed by atoms with Crippen molar-refractivity contribution in [3.8, 4) is 0 Å². The van der Waals surface area contributed by atoms with Crippen molar-refractivity contribution in [2.24, 2.45) is 46.8 Å². The number of rotatable bonds is 8. The third kappa shape index (κ3) is 5.59. The Bertz CT molecular complexity index is 513. The normalized spacial score (nSPS) is 40.8. The van der Waals surface area contributed by atoms with E-state index < -0.39 is 5.79 Å². The summed E-state index contributed by atoms with van der Waals surface area (Å²) >= 11 is 0. The highest BCUT2D eigenvalue weighted by Gasteiger charge is 2.52. The van der Waals surface area contributed by atoms with E-state index in [1.165, 1.54) is 64.2 Å². The van der Waals surface area contributed by atoms with Crippen LogP contribution in [0.1, 0.15) is 118 Å². The van der Waals surface area contributed by atoms with E-state index in [1.54, 1.807) is 0 Å². The van der Waals surface area contributed by atoms with Gasteiger partial charge in [-0.15, -0.1) is 0 Å². The minimum absolute atomic E-state index is 0.499. The van der Waals surface area contributed by atoms with Crippen LogP contribution in [0.25, 0.3) is 0 Å². The van der Waals surface area contributed by atoms with Gasteiger partial charge in [-0.25, -0.2) is 0 Å². The molecule has 0 aromatic carbocycles. The third-order valence-electron chi connectivity index (χ3n) is 9.77.